The summed E-state index contributed by atoms with van der Waals surface area (Å²) in [6.07, 6.45) is 1.42. The van der Waals surface area contributed by atoms with E-state index in [1.165, 1.54) is 18.2 Å². The van der Waals surface area contributed by atoms with E-state index in [0.717, 1.165) is 0 Å². The molecular formula is C18H27BN4O6. The van der Waals surface area contributed by atoms with Gasteiger partial charge in [0.05, 0.1) is 30.4 Å². The van der Waals surface area contributed by atoms with Crippen LogP contribution in [0.25, 0.3) is 0 Å². The monoisotopic (exact) mass is 406 g/mol. The zero-order valence-corrected chi connectivity index (χ0v) is 17.4. The molecule has 11 heteroatoms. The minimum atomic E-state index is -1.11. The number of carbonyl (C=O) groups is 2. The maximum Gasteiger partial charge on any atom is 0.516 e. The summed E-state index contributed by atoms with van der Waals surface area (Å²) in [6.45, 7) is 7.93. The van der Waals surface area contributed by atoms with Crippen LogP contribution in [0.1, 0.15) is 46.2 Å². The molecule has 0 saturated carbocycles. The lowest BCUT2D eigenvalue weighted by Gasteiger charge is -2.32. The molecule has 2 aliphatic heterocycles. The highest BCUT2D eigenvalue weighted by Crippen LogP contribution is 2.36. The Morgan fingerprint density at radius 2 is 2.03 bits per heavy atom. The normalized spacial score (nSPS) is 22.4. The van der Waals surface area contributed by atoms with E-state index in [1.54, 1.807) is 0 Å². The van der Waals surface area contributed by atoms with Gasteiger partial charge in [-0.3, -0.25) is 9.78 Å². The van der Waals surface area contributed by atoms with Gasteiger partial charge in [0.15, 0.2) is 0 Å². The van der Waals surface area contributed by atoms with Crippen molar-refractivity contribution in [1.82, 2.24) is 20.2 Å². The molecule has 3 rings (SSSR count). The van der Waals surface area contributed by atoms with E-state index in [2.05, 4.69) is 15.3 Å². The van der Waals surface area contributed by atoms with Gasteiger partial charge >= 0.3 is 13.2 Å². The second kappa shape index (κ2) is 7.79. The van der Waals surface area contributed by atoms with Crippen molar-refractivity contribution >= 4 is 24.7 Å². The molecule has 158 valence electrons. The fourth-order valence-corrected chi connectivity index (χ4v) is 3.23. The van der Waals surface area contributed by atoms with Gasteiger partial charge in [0.2, 0.25) is 11.8 Å². The molecule has 2 saturated heterocycles. The third kappa shape index (κ3) is 4.45. The molecule has 0 spiro atoms. The van der Waals surface area contributed by atoms with Crippen molar-refractivity contribution < 1.29 is 28.7 Å². The van der Waals surface area contributed by atoms with Crippen molar-refractivity contribution in [3.05, 3.63) is 11.9 Å². The van der Waals surface area contributed by atoms with E-state index in [9.17, 15) is 14.7 Å². The van der Waals surface area contributed by atoms with Crippen LogP contribution in [0.5, 0.6) is 5.88 Å². The Hall–Kier alpha value is -2.40. The number of rotatable bonds is 6. The second-order valence-electron chi connectivity index (χ2n) is 8.31. The molecule has 0 unspecified atom stereocenters. The van der Waals surface area contributed by atoms with Crippen molar-refractivity contribution in [3.63, 3.8) is 0 Å². The number of aromatic nitrogens is 2. The number of hydrogen-bond acceptors (Lipinski definition) is 7. The fraction of sp³-hybridized carbons (Fsp3) is 0.667. The first-order valence-electron chi connectivity index (χ1n) is 9.55. The van der Waals surface area contributed by atoms with Crippen LogP contribution in [0.4, 0.5) is 4.79 Å². The smallest absolute Gasteiger partial charge is 0.480 e. The molecule has 2 fully saturated rings. The van der Waals surface area contributed by atoms with E-state index >= 15 is 0 Å². The summed E-state index contributed by atoms with van der Waals surface area (Å²) >= 11 is 0. The Morgan fingerprint density at radius 3 is 2.55 bits per heavy atom. The molecular weight excluding hydrogens is 379 g/mol. The molecule has 2 N–H and O–H groups in total. The largest absolute Gasteiger partial charge is 0.516 e. The number of amides is 2. The standard InChI is InChI=1S/C18H27BN4O6/c1-17(2)18(3,4)29-19(28-17)13-8-20-12(15(22-13)27-5)10-23(16(25)26)9-11-6-7-14(24)21-11/h8,11H,6-7,9-10H2,1-5H3,(H,21,24)(H,25,26)/t11-/m0/s1. The predicted octanol–water partition coefficient (Wildman–Crippen LogP) is 0.543. The van der Waals surface area contributed by atoms with Crippen LogP contribution in [-0.2, 0) is 20.6 Å². The summed E-state index contributed by atoms with van der Waals surface area (Å²) in [6, 6.07) is -0.207. The van der Waals surface area contributed by atoms with Gasteiger partial charge in [0, 0.05) is 25.2 Å². The first-order valence-corrected chi connectivity index (χ1v) is 9.55. The van der Waals surface area contributed by atoms with Gasteiger partial charge in [-0.1, -0.05) is 0 Å². The minimum Gasteiger partial charge on any atom is -0.480 e. The van der Waals surface area contributed by atoms with Crippen LogP contribution in [-0.4, -0.2) is 70.0 Å². The van der Waals surface area contributed by atoms with E-state index in [0.29, 0.717) is 24.1 Å². The zero-order valence-electron chi connectivity index (χ0n) is 17.4. The lowest BCUT2D eigenvalue weighted by Crippen LogP contribution is -2.41. The first-order chi connectivity index (χ1) is 13.5. The topological polar surface area (TPSA) is 123 Å². The lowest BCUT2D eigenvalue weighted by atomic mass is 9.85. The highest BCUT2D eigenvalue weighted by atomic mass is 16.7. The minimum absolute atomic E-state index is 0.0124. The second-order valence-corrected chi connectivity index (χ2v) is 8.31. The summed E-state index contributed by atoms with van der Waals surface area (Å²) in [7, 11) is 0.754. The number of nitrogens with one attached hydrogen (secondary N) is 1. The Labute approximate surface area is 170 Å². The molecule has 0 aliphatic carbocycles. The SMILES string of the molecule is COc1nc(B2OC(C)(C)C(C)(C)O2)cnc1CN(C[C@@H]1CCC(=O)N1)C(=O)O. The third-order valence-corrected chi connectivity index (χ3v) is 5.66. The Kier molecular flexibility index (Phi) is 5.73. The van der Waals surface area contributed by atoms with E-state index in [4.69, 9.17) is 14.0 Å². The first kappa shape index (κ1) is 21.3. The summed E-state index contributed by atoms with van der Waals surface area (Å²) in [5.74, 6) is 0.142. The van der Waals surface area contributed by atoms with E-state index < -0.39 is 24.4 Å². The van der Waals surface area contributed by atoms with Gasteiger partial charge in [-0.15, -0.1) is 0 Å². The van der Waals surface area contributed by atoms with Crippen molar-refractivity contribution in [1.29, 1.82) is 0 Å². The number of hydrogen-bond donors (Lipinski definition) is 2. The number of nitrogens with zero attached hydrogens (tertiary/aromatic N) is 3. The molecule has 2 amide bonds. The molecule has 10 nitrogen and oxygen atoms in total. The average molecular weight is 406 g/mol. The van der Waals surface area contributed by atoms with E-state index in [1.807, 2.05) is 27.7 Å². The molecule has 0 bridgehead atoms. The summed E-state index contributed by atoms with van der Waals surface area (Å²) in [5.41, 5.74) is -0.206. The number of ether oxygens (including phenoxy) is 1. The average Bonchev–Trinajstić information content (AvgIpc) is 3.13. The van der Waals surface area contributed by atoms with Crippen LogP contribution in [0.15, 0.2) is 6.20 Å². The van der Waals surface area contributed by atoms with Gasteiger partial charge < -0.3 is 29.4 Å². The zero-order chi connectivity index (χ0) is 21.4. The van der Waals surface area contributed by atoms with Crippen LogP contribution in [0.2, 0.25) is 0 Å². The molecule has 0 aromatic carbocycles. The van der Waals surface area contributed by atoms with Crippen LogP contribution in [0, 0.1) is 0 Å². The van der Waals surface area contributed by atoms with Crippen LogP contribution in [0.3, 0.4) is 0 Å². The lowest BCUT2D eigenvalue weighted by molar-refractivity contribution is -0.119. The molecule has 1 aromatic heterocycles. The van der Waals surface area contributed by atoms with Crippen molar-refractivity contribution in [2.24, 2.45) is 0 Å². The summed E-state index contributed by atoms with van der Waals surface area (Å²) < 4.78 is 17.3. The van der Waals surface area contributed by atoms with Gasteiger partial charge in [-0.05, 0) is 34.1 Å². The highest BCUT2D eigenvalue weighted by molar-refractivity contribution is 6.61. The third-order valence-electron chi connectivity index (χ3n) is 5.66. The molecule has 0 radical (unpaired) electrons. The van der Waals surface area contributed by atoms with Crippen LogP contribution >= 0.6 is 0 Å². The number of carboxylic acid groups (broad SMARTS) is 1. The number of carbonyl (C=O) groups excluding carboxylic acids is 1. The molecule has 3 heterocycles. The van der Waals surface area contributed by atoms with Crippen molar-refractivity contribution in [2.45, 2.75) is 64.3 Å². The molecule has 29 heavy (non-hydrogen) atoms. The van der Waals surface area contributed by atoms with Gasteiger partial charge in [0.25, 0.3) is 0 Å². The fourth-order valence-electron chi connectivity index (χ4n) is 3.23. The quantitative estimate of drug-likeness (QED) is 0.657. The Bertz CT molecular complexity index is 787. The Morgan fingerprint density at radius 1 is 1.38 bits per heavy atom. The maximum absolute atomic E-state index is 11.7. The molecule has 1 aromatic rings. The maximum atomic E-state index is 11.7. The summed E-state index contributed by atoms with van der Waals surface area (Å²) in [5, 5.41) is 12.3. The molecule has 1 atom stereocenters. The Balaban J connectivity index is 1.76. The van der Waals surface area contributed by atoms with E-state index in [-0.39, 0.29) is 30.9 Å². The van der Waals surface area contributed by atoms with Gasteiger partial charge in [0.1, 0.15) is 5.69 Å². The molecule has 2 aliphatic rings. The van der Waals surface area contributed by atoms with Gasteiger partial charge in [-0.2, -0.15) is 0 Å². The van der Waals surface area contributed by atoms with Gasteiger partial charge in [-0.25, -0.2) is 9.78 Å². The summed E-state index contributed by atoms with van der Waals surface area (Å²) in [4.78, 5) is 33.0. The number of methoxy groups -OCH3 is 1. The predicted molar refractivity (Wildman–Crippen MR) is 104 cm³/mol. The van der Waals surface area contributed by atoms with Crippen molar-refractivity contribution in [3.8, 4) is 5.88 Å². The highest BCUT2D eigenvalue weighted by Gasteiger charge is 2.52. The van der Waals surface area contributed by atoms with Crippen molar-refractivity contribution in [2.75, 3.05) is 13.7 Å². The van der Waals surface area contributed by atoms with Crippen LogP contribution < -0.4 is 15.6 Å².